The van der Waals surface area contributed by atoms with Crippen molar-refractivity contribution in [2.24, 2.45) is 0 Å². The second-order valence-corrected chi connectivity index (χ2v) is 12.3. The molecule has 35 heavy (non-hydrogen) atoms. The van der Waals surface area contributed by atoms with E-state index >= 15 is 0 Å². The van der Waals surface area contributed by atoms with Crippen LogP contribution in [0.1, 0.15) is 72.0 Å². The summed E-state index contributed by atoms with van der Waals surface area (Å²) < 4.78 is 13.2. The smallest absolute Gasteiger partial charge is 0.410 e. The number of ether oxygens (including phenoxy) is 2. The number of aryl methyl sites for hydroxylation is 1. The zero-order valence-corrected chi connectivity index (χ0v) is 22.5. The number of aromatic nitrogens is 2. The lowest BCUT2D eigenvalue weighted by Gasteiger charge is -2.51. The first kappa shape index (κ1) is 26.2. The van der Waals surface area contributed by atoms with Crippen LogP contribution < -0.4 is 4.90 Å². The fourth-order valence-electron chi connectivity index (χ4n) is 5.94. The van der Waals surface area contributed by atoms with Gasteiger partial charge in [-0.3, -0.25) is 9.58 Å². The second-order valence-electron chi connectivity index (χ2n) is 12.3. The van der Waals surface area contributed by atoms with Crippen LogP contribution in [0.4, 0.5) is 10.6 Å². The zero-order chi connectivity index (χ0) is 25.4. The number of carbonyl (C=O) groups is 1. The number of likely N-dealkylation sites (tertiary alicyclic amines) is 1. The standard InChI is InChI=1S/C26H45N5O4/c1-20-17-22(27-31(20)21-7-10-29(11-8-21)23(32)35-24(2,3)4)30-12-9-26(33,18-25(30,5)6)19-28-13-15-34-16-14-28/h17,21,33H,7-16,18-19H2,1-6H3. The van der Waals surface area contributed by atoms with Crippen LogP contribution in [0.5, 0.6) is 0 Å². The van der Waals surface area contributed by atoms with Gasteiger partial charge in [-0.15, -0.1) is 0 Å². The summed E-state index contributed by atoms with van der Waals surface area (Å²) in [6.45, 7) is 18.4. The molecule has 4 heterocycles. The number of hydrogen-bond acceptors (Lipinski definition) is 7. The maximum atomic E-state index is 12.4. The van der Waals surface area contributed by atoms with Crippen molar-refractivity contribution in [1.82, 2.24) is 19.6 Å². The van der Waals surface area contributed by atoms with E-state index in [-0.39, 0.29) is 17.7 Å². The van der Waals surface area contributed by atoms with Crippen LogP contribution in [0.15, 0.2) is 6.07 Å². The Balaban J connectivity index is 1.38. The van der Waals surface area contributed by atoms with E-state index in [0.29, 0.717) is 26.1 Å². The highest BCUT2D eigenvalue weighted by atomic mass is 16.6. The fraction of sp³-hybridized carbons (Fsp3) is 0.846. The van der Waals surface area contributed by atoms with Crippen molar-refractivity contribution in [3.05, 3.63) is 11.8 Å². The van der Waals surface area contributed by atoms with Crippen LogP contribution in [-0.4, -0.2) is 100 Å². The summed E-state index contributed by atoms with van der Waals surface area (Å²) >= 11 is 0. The molecule has 3 fully saturated rings. The molecule has 1 unspecified atom stereocenters. The van der Waals surface area contributed by atoms with E-state index in [1.165, 1.54) is 0 Å². The lowest BCUT2D eigenvalue weighted by atomic mass is 9.79. The van der Waals surface area contributed by atoms with Gasteiger partial charge < -0.3 is 24.4 Å². The number of morpholine rings is 1. The molecule has 9 nitrogen and oxygen atoms in total. The van der Waals surface area contributed by atoms with Gasteiger partial charge in [-0.2, -0.15) is 5.10 Å². The van der Waals surface area contributed by atoms with Crippen LogP contribution in [0.3, 0.4) is 0 Å². The average Bonchev–Trinajstić information content (AvgIpc) is 3.13. The SMILES string of the molecule is Cc1cc(N2CCC(O)(CN3CCOCC3)CC2(C)C)nn1C1CCN(C(=O)OC(C)(C)C)CC1. The van der Waals surface area contributed by atoms with Gasteiger partial charge in [-0.05, 0) is 60.8 Å². The minimum absolute atomic E-state index is 0.203. The molecule has 198 valence electrons. The Morgan fingerprint density at radius 2 is 1.83 bits per heavy atom. The number of aliphatic hydroxyl groups is 1. The number of nitrogens with zero attached hydrogens (tertiary/aromatic N) is 5. The number of piperidine rings is 2. The van der Waals surface area contributed by atoms with Crippen molar-refractivity contribution in [3.8, 4) is 0 Å². The number of anilines is 1. The molecule has 1 aromatic heterocycles. The minimum atomic E-state index is -0.691. The summed E-state index contributed by atoms with van der Waals surface area (Å²) in [5.74, 6) is 0.982. The molecule has 3 aliphatic heterocycles. The molecule has 0 bridgehead atoms. The van der Waals surface area contributed by atoms with Crippen molar-refractivity contribution in [3.63, 3.8) is 0 Å². The Bertz CT molecular complexity index is 881. The normalized spacial score (nSPS) is 26.7. The summed E-state index contributed by atoms with van der Waals surface area (Å²) in [5.41, 5.74) is -0.230. The quantitative estimate of drug-likeness (QED) is 0.692. The van der Waals surface area contributed by atoms with Gasteiger partial charge in [-0.25, -0.2) is 4.79 Å². The molecule has 3 aliphatic rings. The predicted molar refractivity (Wildman–Crippen MR) is 136 cm³/mol. The highest BCUT2D eigenvalue weighted by molar-refractivity contribution is 5.68. The van der Waals surface area contributed by atoms with Crippen LogP contribution in [0.25, 0.3) is 0 Å². The van der Waals surface area contributed by atoms with Crippen molar-refractivity contribution in [1.29, 1.82) is 0 Å². The number of β-amino-alcohol motifs (C(OH)–C–C–N with tert-alkyl or cyclic N) is 1. The van der Waals surface area contributed by atoms with Crippen molar-refractivity contribution >= 4 is 11.9 Å². The maximum absolute atomic E-state index is 12.4. The van der Waals surface area contributed by atoms with Crippen LogP contribution in [0, 0.1) is 6.92 Å². The van der Waals surface area contributed by atoms with Gasteiger partial charge >= 0.3 is 6.09 Å². The van der Waals surface area contributed by atoms with Crippen LogP contribution >= 0.6 is 0 Å². The fourth-order valence-corrected chi connectivity index (χ4v) is 5.94. The van der Waals surface area contributed by atoms with E-state index in [4.69, 9.17) is 14.6 Å². The maximum Gasteiger partial charge on any atom is 0.410 e. The summed E-state index contributed by atoms with van der Waals surface area (Å²) in [7, 11) is 0. The predicted octanol–water partition coefficient (Wildman–Crippen LogP) is 3.21. The van der Waals surface area contributed by atoms with E-state index in [2.05, 4.69) is 41.3 Å². The number of amides is 1. The van der Waals surface area contributed by atoms with Gasteiger partial charge in [0.1, 0.15) is 5.60 Å². The van der Waals surface area contributed by atoms with Crippen LogP contribution in [-0.2, 0) is 9.47 Å². The largest absolute Gasteiger partial charge is 0.444 e. The lowest BCUT2D eigenvalue weighted by molar-refractivity contribution is -0.0586. The summed E-state index contributed by atoms with van der Waals surface area (Å²) in [4.78, 5) is 18.9. The summed E-state index contributed by atoms with van der Waals surface area (Å²) in [6.07, 6.45) is 2.94. The number of hydrogen-bond donors (Lipinski definition) is 1. The molecule has 9 heteroatoms. The molecule has 1 aromatic rings. The molecule has 1 atom stereocenters. The van der Waals surface area contributed by atoms with Crippen molar-refractivity contribution in [2.45, 2.75) is 90.0 Å². The van der Waals surface area contributed by atoms with Crippen LogP contribution in [0.2, 0.25) is 0 Å². The monoisotopic (exact) mass is 491 g/mol. The molecule has 0 spiro atoms. The zero-order valence-electron chi connectivity index (χ0n) is 22.5. The van der Waals surface area contributed by atoms with Gasteiger partial charge in [-0.1, -0.05) is 0 Å². The number of rotatable bonds is 4. The first-order chi connectivity index (χ1) is 16.4. The first-order valence-electron chi connectivity index (χ1n) is 13.2. The van der Waals surface area contributed by atoms with Gasteiger partial charge in [0, 0.05) is 63.0 Å². The van der Waals surface area contributed by atoms with Gasteiger partial charge in [0.25, 0.3) is 0 Å². The molecule has 1 amide bonds. The van der Waals surface area contributed by atoms with E-state index < -0.39 is 11.2 Å². The van der Waals surface area contributed by atoms with Crippen molar-refractivity contribution < 1.29 is 19.4 Å². The Hall–Kier alpha value is -1.84. The molecule has 0 saturated carbocycles. The third-order valence-corrected chi connectivity index (χ3v) is 7.56. The highest BCUT2D eigenvalue weighted by Crippen LogP contribution is 2.38. The third-order valence-electron chi connectivity index (χ3n) is 7.56. The van der Waals surface area contributed by atoms with Gasteiger partial charge in [0.15, 0.2) is 5.82 Å². The van der Waals surface area contributed by atoms with E-state index in [1.807, 2.05) is 25.7 Å². The average molecular weight is 492 g/mol. The Morgan fingerprint density at radius 3 is 2.43 bits per heavy atom. The van der Waals surface area contributed by atoms with Gasteiger partial charge in [0.2, 0.25) is 0 Å². The highest BCUT2D eigenvalue weighted by Gasteiger charge is 2.45. The third kappa shape index (κ3) is 6.30. The van der Waals surface area contributed by atoms with E-state index in [1.54, 1.807) is 0 Å². The Labute approximate surface area is 210 Å². The summed E-state index contributed by atoms with van der Waals surface area (Å²) in [6, 6.07) is 2.45. The molecule has 3 saturated heterocycles. The molecular weight excluding hydrogens is 446 g/mol. The molecule has 0 aliphatic carbocycles. The lowest BCUT2D eigenvalue weighted by Crippen LogP contribution is -2.60. The molecular formula is C26H45N5O4. The molecule has 0 radical (unpaired) electrons. The van der Waals surface area contributed by atoms with E-state index in [9.17, 15) is 9.90 Å². The second kappa shape index (κ2) is 9.90. The Morgan fingerprint density at radius 1 is 1.17 bits per heavy atom. The molecule has 0 aromatic carbocycles. The molecule has 1 N–H and O–H groups in total. The topological polar surface area (TPSA) is 83.3 Å². The molecule has 4 rings (SSSR count). The van der Waals surface area contributed by atoms with Crippen molar-refractivity contribution in [2.75, 3.05) is 57.4 Å². The number of carbonyl (C=O) groups excluding carboxylic acids is 1. The van der Waals surface area contributed by atoms with E-state index in [0.717, 1.165) is 63.6 Å². The minimum Gasteiger partial charge on any atom is -0.444 e. The van der Waals surface area contributed by atoms with Gasteiger partial charge in [0.05, 0.1) is 24.9 Å². The first-order valence-corrected chi connectivity index (χ1v) is 13.2. The Kier molecular flexibility index (Phi) is 7.42. The summed E-state index contributed by atoms with van der Waals surface area (Å²) in [5, 5.41) is 16.5.